The van der Waals surface area contributed by atoms with Gasteiger partial charge in [-0.3, -0.25) is 19.4 Å². The van der Waals surface area contributed by atoms with Crippen LogP contribution in [0.4, 0.5) is 9.52 Å². The Bertz CT molecular complexity index is 1990. The van der Waals surface area contributed by atoms with E-state index in [1.807, 2.05) is 6.92 Å². The molecular formula is C35H42FN8O10S2-. The van der Waals surface area contributed by atoms with E-state index >= 15 is 0 Å². The Morgan fingerprint density at radius 3 is 2.45 bits per heavy atom. The number of fused-ring (bicyclic) bond motifs is 4. The van der Waals surface area contributed by atoms with Crippen molar-refractivity contribution in [2.75, 3.05) is 45.5 Å². The van der Waals surface area contributed by atoms with Crippen LogP contribution in [0.2, 0.25) is 0 Å². The minimum atomic E-state index is -1.78. The number of benzene rings is 1. The molecule has 3 atom stereocenters. The first-order valence-corrected chi connectivity index (χ1v) is 19.4. The number of amides is 3. The molecule has 7 N–H and O–H groups in total. The number of nitrogens with one attached hydrogen (secondary N) is 2. The van der Waals surface area contributed by atoms with Gasteiger partial charge in [-0.15, -0.1) is 35.3 Å². The Morgan fingerprint density at radius 2 is 1.88 bits per heavy atom. The molecule has 0 unspecified atom stereocenters. The number of carboxylic acids is 1. The first-order chi connectivity index (χ1) is 26.4. The van der Waals surface area contributed by atoms with Crippen LogP contribution in [-0.4, -0.2) is 127 Å². The third-order valence-corrected chi connectivity index (χ3v) is 13.1. The van der Waals surface area contributed by atoms with Gasteiger partial charge in [0, 0.05) is 55.8 Å². The molecule has 6 heterocycles. The summed E-state index contributed by atoms with van der Waals surface area (Å²) in [4.78, 5) is 70.9. The van der Waals surface area contributed by atoms with Crippen molar-refractivity contribution in [3.05, 3.63) is 52.5 Å². The standard InChI is InChI=1S/C35H43FN8O10S2/c1-17-19(13-44-8-5-35(6-9-44,7-10-44)16-39-28(47)24(38-4)18-11-20(36)27(46)23(45)12-18)22(14-53-52)43-30(49)26(31(43)56-17)41-29(48)25(21-15-55-33(37)40-21)42-54-34(2,3)32(50)51/h11-12,14-15,17,26,31,45-46,52H,5-10,13,16H2,1-4H3,(H2,37,40)(H,39,47)(H,41,48)(H,50,51)/p-1/b38-24?,42-25-/t17-,26+,31+,35?,44?/m0/s1. The van der Waals surface area contributed by atoms with E-state index in [9.17, 15) is 44.1 Å². The number of nitrogen functional groups attached to an aromatic ring is 1. The van der Waals surface area contributed by atoms with E-state index in [4.69, 9.17) is 10.6 Å². The molecule has 56 heavy (non-hydrogen) atoms. The number of hydrogen-bond donors (Lipinski definition) is 6. The fourth-order valence-corrected chi connectivity index (χ4v) is 9.48. The van der Waals surface area contributed by atoms with Crippen molar-refractivity contribution in [2.45, 2.75) is 62.3 Å². The van der Waals surface area contributed by atoms with Crippen molar-refractivity contribution in [1.82, 2.24) is 20.5 Å². The van der Waals surface area contributed by atoms with E-state index in [0.717, 1.165) is 74.5 Å². The summed E-state index contributed by atoms with van der Waals surface area (Å²) in [5.74, 6) is -5.86. The zero-order chi connectivity index (χ0) is 40.7. The van der Waals surface area contributed by atoms with Crippen molar-refractivity contribution in [3.8, 4) is 11.5 Å². The Balaban J connectivity index is 1.12. The zero-order valence-electron chi connectivity index (χ0n) is 30.9. The zero-order valence-corrected chi connectivity index (χ0v) is 32.5. The number of nitrogens with zero attached hydrogens (tertiary/aromatic N) is 5. The highest BCUT2D eigenvalue weighted by Gasteiger charge is 2.54. The number of aromatic nitrogens is 1. The smallest absolute Gasteiger partial charge is 0.350 e. The predicted octanol–water partition coefficient (Wildman–Crippen LogP) is 0.592. The van der Waals surface area contributed by atoms with Crippen LogP contribution >= 0.6 is 23.1 Å². The molecule has 2 aromatic rings. The van der Waals surface area contributed by atoms with Gasteiger partial charge in [0.15, 0.2) is 28.2 Å². The number of rotatable bonds is 14. The van der Waals surface area contributed by atoms with Crippen LogP contribution in [0.25, 0.3) is 0 Å². The van der Waals surface area contributed by atoms with Crippen molar-refractivity contribution < 1.29 is 58.4 Å². The third kappa shape index (κ3) is 7.73. The van der Waals surface area contributed by atoms with E-state index in [-0.39, 0.29) is 38.5 Å². The molecule has 302 valence electrons. The van der Waals surface area contributed by atoms with Crippen LogP contribution in [0.15, 0.2) is 38.9 Å². The SMILES string of the molecule is CN=C(C(=O)NCC12CC[N+](CC3=C([CH-]O[O-])N4C(=O)[C@@H](NC(=O)/C(=N\OC(C)(C)C(=O)O)c5csc(N)n5)[C@H]4S[C@H]3C)(CC1)CC2)c1cc(O)c(O)c(F)c1. The number of hydrogen-bond acceptors (Lipinski definition) is 15. The van der Waals surface area contributed by atoms with Crippen LogP contribution < -0.4 is 21.6 Å². The number of aliphatic imine (C=N–C) groups is 1. The summed E-state index contributed by atoms with van der Waals surface area (Å²) in [6.45, 7) is 8.70. The number of anilines is 1. The highest BCUT2D eigenvalue weighted by molar-refractivity contribution is 8.00. The molecule has 18 nitrogen and oxygen atoms in total. The monoisotopic (exact) mass is 817 g/mol. The van der Waals surface area contributed by atoms with Gasteiger partial charge in [-0.2, -0.15) is 0 Å². The van der Waals surface area contributed by atoms with E-state index in [2.05, 4.69) is 30.7 Å². The molecule has 4 fully saturated rings. The highest BCUT2D eigenvalue weighted by Crippen LogP contribution is 2.48. The number of aliphatic carboxylic acids is 1. The van der Waals surface area contributed by atoms with E-state index < -0.39 is 58.0 Å². The number of halogens is 1. The van der Waals surface area contributed by atoms with Gasteiger partial charge in [-0.05, 0) is 31.2 Å². The average molecular weight is 818 g/mol. The summed E-state index contributed by atoms with van der Waals surface area (Å²) in [5, 5.41) is 50.7. The van der Waals surface area contributed by atoms with Gasteiger partial charge in [0.1, 0.15) is 22.8 Å². The number of piperidine rings is 3. The Morgan fingerprint density at radius 1 is 1.20 bits per heavy atom. The lowest BCUT2D eigenvalue weighted by molar-refractivity contribution is -0.941. The second-order valence-corrected chi connectivity index (χ2v) is 17.2. The summed E-state index contributed by atoms with van der Waals surface area (Å²) >= 11 is 2.47. The number of carbonyl (C=O) groups excluding carboxylic acids is 3. The Hall–Kier alpha value is -4.96. The van der Waals surface area contributed by atoms with Crippen molar-refractivity contribution in [3.63, 3.8) is 0 Å². The van der Waals surface area contributed by atoms with Crippen LogP contribution in [0, 0.1) is 17.8 Å². The third-order valence-electron chi connectivity index (χ3n) is 11.0. The number of carboxylic acid groups (broad SMARTS) is 1. The number of nitrogens with two attached hydrogens (primary N) is 1. The van der Waals surface area contributed by atoms with Crippen LogP contribution in [0.1, 0.15) is 51.3 Å². The van der Waals surface area contributed by atoms with Gasteiger partial charge in [-0.1, -0.05) is 17.8 Å². The topological polar surface area (TPSA) is 261 Å². The number of oxime groups is 1. The number of phenolic OH excluding ortho intramolecular Hbond substituents is 2. The molecular weight excluding hydrogens is 776 g/mol. The molecule has 1 aromatic carbocycles. The fourth-order valence-electron chi connectivity index (χ4n) is 7.48. The van der Waals surface area contributed by atoms with Crippen LogP contribution in [0.3, 0.4) is 0 Å². The maximum Gasteiger partial charge on any atom is 0.350 e. The molecule has 3 amide bonds. The fraction of sp³-hybridized carbons (Fsp3) is 0.486. The number of quaternary nitrogens is 1. The molecule has 2 bridgehead atoms. The summed E-state index contributed by atoms with van der Waals surface area (Å²) in [7, 11) is 1.38. The first kappa shape index (κ1) is 40.7. The molecule has 0 aliphatic carbocycles. The Labute approximate surface area is 328 Å². The van der Waals surface area contributed by atoms with Gasteiger partial charge in [0.2, 0.25) is 5.60 Å². The lowest BCUT2D eigenvalue weighted by atomic mass is 9.70. The van der Waals surface area contributed by atoms with Crippen molar-refractivity contribution >= 4 is 63.3 Å². The second-order valence-electron chi connectivity index (χ2n) is 14.9. The quantitative estimate of drug-likeness (QED) is 0.0291. The number of aromatic hydroxyl groups is 2. The first-order valence-electron chi connectivity index (χ1n) is 17.6. The number of carbonyl (C=O) groups is 4. The summed E-state index contributed by atoms with van der Waals surface area (Å²) in [6, 6.07) is 0.993. The van der Waals surface area contributed by atoms with Crippen molar-refractivity contribution in [1.29, 1.82) is 0 Å². The predicted molar refractivity (Wildman–Crippen MR) is 199 cm³/mol. The van der Waals surface area contributed by atoms with Gasteiger partial charge >= 0.3 is 5.97 Å². The van der Waals surface area contributed by atoms with Gasteiger partial charge in [0.25, 0.3) is 17.7 Å². The molecule has 4 saturated heterocycles. The minimum Gasteiger partial charge on any atom is -0.738 e. The average Bonchev–Trinajstić information content (AvgIpc) is 3.59. The van der Waals surface area contributed by atoms with Crippen molar-refractivity contribution in [2.24, 2.45) is 15.6 Å². The van der Waals surface area contributed by atoms with Gasteiger partial charge in [0.05, 0.1) is 19.6 Å². The molecule has 0 radical (unpaired) electrons. The lowest BCUT2D eigenvalue weighted by Crippen LogP contribution is -2.71. The number of thiazole rings is 1. The normalized spacial score (nSPS) is 26.4. The molecule has 1 aromatic heterocycles. The second kappa shape index (κ2) is 15.5. The summed E-state index contributed by atoms with van der Waals surface area (Å²) in [5.41, 5.74) is 4.60. The van der Waals surface area contributed by atoms with E-state index in [1.165, 1.54) is 42.9 Å². The van der Waals surface area contributed by atoms with Crippen LogP contribution in [0.5, 0.6) is 11.5 Å². The number of thioether (sulfide) groups is 1. The molecule has 5 aliphatic heterocycles. The number of phenols is 2. The summed E-state index contributed by atoms with van der Waals surface area (Å²) < 4.78 is 14.8. The highest BCUT2D eigenvalue weighted by atomic mass is 32.2. The maximum atomic E-state index is 14.1. The minimum absolute atomic E-state index is 0.0314. The summed E-state index contributed by atoms with van der Waals surface area (Å²) in [6.07, 6.45) is 2.36. The molecule has 21 heteroatoms. The Kier molecular flexibility index (Phi) is 11.3. The van der Waals surface area contributed by atoms with Gasteiger partial charge < -0.3 is 56.1 Å². The van der Waals surface area contributed by atoms with Gasteiger partial charge in [-0.25, -0.2) is 14.2 Å². The molecule has 0 saturated carbocycles. The van der Waals surface area contributed by atoms with Crippen LogP contribution in [-0.2, 0) is 28.9 Å². The number of β-lactam (4-membered cyclic amide) rings is 1. The van der Waals surface area contributed by atoms with E-state index in [1.54, 1.807) is 0 Å². The largest absolute Gasteiger partial charge is 0.738 e. The maximum absolute atomic E-state index is 14.1. The molecule has 5 aliphatic rings. The lowest BCUT2D eigenvalue weighted by Gasteiger charge is -2.60. The van der Waals surface area contributed by atoms with E-state index in [0.29, 0.717) is 23.3 Å². The molecule has 7 rings (SSSR count). The molecule has 0 spiro atoms.